The van der Waals surface area contributed by atoms with E-state index >= 15 is 0 Å². The largest absolute Gasteiger partial charge is 0.312 e. The minimum Gasteiger partial charge on any atom is -0.312 e. The summed E-state index contributed by atoms with van der Waals surface area (Å²) < 4.78 is 0. The Balaban J connectivity index is 1.81. The summed E-state index contributed by atoms with van der Waals surface area (Å²) in [5.74, 6) is 0. The van der Waals surface area contributed by atoms with E-state index in [1.807, 2.05) is 6.07 Å². The predicted molar refractivity (Wildman–Crippen MR) is 62.9 cm³/mol. The summed E-state index contributed by atoms with van der Waals surface area (Å²) in [6.45, 7) is 4.24. The zero-order valence-corrected chi connectivity index (χ0v) is 9.85. The molecule has 1 aliphatic carbocycles. The first-order chi connectivity index (χ1) is 7.26. The summed E-state index contributed by atoms with van der Waals surface area (Å²) >= 11 is 6.02. The van der Waals surface area contributed by atoms with Crippen LogP contribution in [0, 0.1) is 5.41 Å². The van der Waals surface area contributed by atoms with Crippen molar-refractivity contribution >= 4 is 11.6 Å². The monoisotopic (exact) mass is 224 g/mol. The van der Waals surface area contributed by atoms with Crippen LogP contribution >= 0.6 is 11.6 Å². The Morgan fingerprint density at radius 1 is 1.53 bits per heavy atom. The number of hydrogen-bond donors (Lipinski definition) is 1. The van der Waals surface area contributed by atoms with E-state index in [0.717, 1.165) is 23.7 Å². The molecule has 0 radical (unpaired) electrons. The van der Waals surface area contributed by atoms with Crippen LogP contribution in [0.5, 0.6) is 0 Å². The molecule has 1 N–H and O–H groups in total. The van der Waals surface area contributed by atoms with Gasteiger partial charge in [0.25, 0.3) is 0 Å². The molecule has 15 heavy (non-hydrogen) atoms. The van der Waals surface area contributed by atoms with Gasteiger partial charge in [-0.2, -0.15) is 0 Å². The fraction of sp³-hybridized carbons (Fsp3) is 0.583. The molecule has 0 aromatic carbocycles. The second kappa shape index (κ2) is 4.50. The third kappa shape index (κ3) is 2.70. The smallest absolute Gasteiger partial charge is 0.0634 e. The summed E-state index contributed by atoms with van der Waals surface area (Å²) in [5, 5.41) is 4.24. The van der Waals surface area contributed by atoms with Crippen molar-refractivity contribution in [3.63, 3.8) is 0 Å². The number of halogens is 1. The molecule has 3 heteroatoms. The molecule has 1 aromatic heterocycles. The van der Waals surface area contributed by atoms with Gasteiger partial charge in [-0.05, 0) is 36.3 Å². The molecule has 0 bridgehead atoms. The van der Waals surface area contributed by atoms with E-state index in [1.165, 1.54) is 19.3 Å². The van der Waals surface area contributed by atoms with Gasteiger partial charge in [-0.15, -0.1) is 0 Å². The first-order valence-corrected chi connectivity index (χ1v) is 5.93. The van der Waals surface area contributed by atoms with Crippen LogP contribution in [0.25, 0.3) is 0 Å². The van der Waals surface area contributed by atoms with Crippen molar-refractivity contribution in [1.82, 2.24) is 10.3 Å². The van der Waals surface area contributed by atoms with E-state index in [1.54, 1.807) is 12.4 Å². The lowest BCUT2D eigenvalue weighted by Crippen LogP contribution is -2.23. The Hall–Kier alpha value is -0.600. The number of pyridine rings is 1. The van der Waals surface area contributed by atoms with Gasteiger partial charge in [0.05, 0.1) is 5.02 Å². The predicted octanol–water partition coefficient (Wildman–Crippen LogP) is 3.01. The third-order valence-corrected chi connectivity index (χ3v) is 3.72. The minimum absolute atomic E-state index is 0.597. The molecule has 0 atom stereocenters. The average molecular weight is 225 g/mol. The summed E-state index contributed by atoms with van der Waals surface area (Å²) in [6, 6.07) is 1.97. The molecule has 2 rings (SSSR count). The van der Waals surface area contributed by atoms with Gasteiger partial charge in [0, 0.05) is 25.5 Å². The second-order valence-corrected chi connectivity index (χ2v) is 4.83. The molecule has 1 aromatic rings. The average Bonchev–Trinajstić information content (AvgIpc) is 3.02. The number of nitrogens with zero attached hydrogens (tertiary/aromatic N) is 1. The Kier molecular flexibility index (Phi) is 3.27. The molecule has 2 nitrogen and oxygen atoms in total. The van der Waals surface area contributed by atoms with E-state index in [2.05, 4.69) is 17.2 Å². The van der Waals surface area contributed by atoms with Gasteiger partial charge in [-0.25, -0.2) is 0 Å². The summed E-state index contributed by atoms with van der Waals surface area (Å²) in [6.07, 6.45) is 7.52. The molecule has 0 spiro atoms. The lowest BCUT2D eigenvalue weighted by Gasteiger charge is -2.13. The van der Waals surface area contributed by atoms with Crippen LogP contribution in [0.1, 0.15) is 31.7 Å². The Morgan fingerprint density at radius 2 is 2.33 bits per heavy atom. The van der Waals surface area contributed by atoms with Crippen molar-refractivity contribution in [2.24, 2.45) is 5.41 Å². The van der Waals surface area contributed by atoms with Crippen molar-refractivity contribution in [3.05, 3.63) is 29.0 Å². The van der Waals surface area contributed by atoms with E-state index in [9.17, 15) is 0 Å². The molecule has 1 heterocycles. The maximum atomic E-state index is 6.02. The van der Waals surface area contributed by atoms with Crippen LogP contribution in [0.4, 0.5) is 0 Å². The highest BCUT2D eigenvalue weighted by atomic mass is 35.5. The van der Waals surface area contributed by atoms with Crippen molar-refractivity contribution in [3.8, 4) is 0 Å². The maximum Gasteiger partial charge on any atom is 0.0634 e. The zero-order chi connectivity index (χ0) is 10.7. The highest BCUT2D eigenvalue weighted by Gasteiger charge is 2.39. The van der Waals surface area contributed by atoms with Crippen LogP contribution in [0.3, 0.4) is 0 Å². The minimum atomic E-state index is 0.597. The quantitative estimate of drug-likeness (QED) is 0.832. The topological polar surface area (TPSA) is 24.9 Å². The van der Waals surface area contributed by atoms with Gasteiger partial charge in [0.15, 0.2) is 0 Å². The zero-order valence-electron chi connectivity index (χ0n) is 9.09. The summed E-state index contributed by atoms with van der Waals surface area (Å²) in [7, 11) is 0. The molecule has 0 amide bonds. The maximum absolute atomic E-state index is 6.02. The first-order valence-electron chi connectivity index (χ1n) is 5.55. The molecule has 0 aliphatic heterocycles. The van der Waals surface area contributed by atoms with Gasteiger partial charge < -0.3 is 5.32 Å². The van der Waals surface area contributed by atoms with E-state index in [0.29, 0.717) is 5.41 Å². The van der Waals surface area contributed by atoms with Crippen LogP contribution < -0.4 is 5.32 Å². The molecular weight excluding hydrogens is 208 g/mol. The van der Waals surface area contributed by atoms with Gasteiger partial charge in [0.2, 0.25) is 0 Å². The van der Waals surface area contributed by atoms with E-state index < -0.39 is 0 Å². The molecule has 1 fully saturated rings. The van der Waals surface area contributed by atoms with Crippen LogP contribution in [0.15, 0.2) is 18.5 Å². The molecule has 0 saturated heterocycles. The first kappa shape index (κ1) is 10.9. The molecule has 1 saturated carbocycles. The number of rotatable bonds is 5. The lowest BCUT2D eigenvalue weighted by atomic mass is 10.0. The Bertz CT molecular complexity index is 334. The molecular formula is C12H17ClN2. The van der Waals surface area contributed by atoms with Gasteiger partial charge >= 0.3 is 0 Å². The van der Waals surface area contributed by atoms with E-state index in [-0.39, 0.29) is 0 Å². The second-order valence-electron chi connectivity index (χ2n) is 4.42. The van der Waals surface area contributed by atoms with E-state index in [4.69, 9.17) is 11.6 Å². The molecule has 82 valence electrons. The van der Waals surface area contributed by atoms with Crippen LogP contribution in [-0.2, 0) is 6.54 Å². The van der Waals surface area contributed by atoms with Crippen molar-refractivity contribution in [1.29, 1.82) is 0 Å². The number of aromatic nitrogens is 1. The molecule has 1 aliphatic rings. The van der Waals surface area contributed by atoms with Crippen LogP contribution in [-0.4, -0.2) is 11.5 Å². The number of nitrogens with one attached hydrogen (secondary N) is 1. The Morgan fingerprint density at radius 3 is 2.93 bits per heavy atom. The third-order valence-electron chi connectivity index (χ3n) is 3.38. The lowest BCUT2D eigenvalue weighted by molar-refractivity contribution is 0.443. The SMILES string of the molecule is CCC1(CNCc2ccncc2Cl)CC1. The van der Waals surface area contributed by atoms with Gasteiger partial charge in [-0.3, -0.25) is 4.98 Å². The summed E-state index contributed by atoms with van der Waals surface area (Å²) in [4.78, 5) is 3.97. The fourth-order valence-corrected chi connectivity index (χ4v) is 2.03. The van der Waals surface area contributed by atoms with Gasteiger partial charge in [0.1, 0.15) is 0 Å². The summed E-state index contributed by atoms with van der Waals surface area (Å²) in [5.41, 5.74) is 1.73. The Labute approximate surface area is 96.1 Å². The van der Waals surface area contributed by atoms with Gasteiger partial charge in [-0.1, -0.05) is 18.5 Å². The highest BCUT2D eigenvalue weighted by Crippen LogP contribution is 2.47. The molecule has 0 unspecified atom stereocenters. The normalized spacial score (nSPS) is 17.7. The highest BCUT2D eigenvalue weighted by molar-refractivity contribution is 6.31. The fourth-order valence-electron chi connectivity index (χ4n) is 1.84. The van der Waals surface area contributed by atoms with Crippen molar-refractivity contribution < 1.29 is 0 Å². The van der Waals surface area contributed by atoms with Crippen LogP contribution in [0.2, 0.25) is 5.02 Å². The standard InChI is InChI=1S/C12H17ClN2/c1-2-12(4-5-12)9-15-7-10-3-6-14-8-11(10)13/h3,6,8,15H,2,4-5,7,9H2,1H3. The van der Waals surface area contributed by atoms with Crippen molar-refractivity contribution in [2.75, 3.05) is 6.54 Å². The van der Waals surface area contributed by atoms with Crippen molar-refractivity contribution in [2.45, 2.75) is 32.7 Å². The number of hydrogen-bond acceptors (Lipinski definition) is 2.